The van der Waals surface area contributed by atoms with Gasteiger partial charge in [0.05, 0.1) is 5.41 Å². The highest BCUT2D eigenvalue weighted by atomic mass is 16.2. The van der Waals surface area contributed by atoms with Gasteiger partial charge in [-0.15, -0.1) is 0 Å². The normalized spacial score (nSPS) is 15.9. The van der Waals surface area contributed by atoms with Gasteiger partial charge in [-0.2, -0.15) is 0 Å². The molecule has 2 rings (SSSR count). The molecule has 1 aromatic rings. The summed E-state index contributed by atoms with van der Waals surface area (Å²) in [5.41, 5.74) is 6.64. The summed E-state index contributed by atoms with van der Waals surface area (Å²) in [6.07, 6.45) is 1.40. The predicted molar refractivity (Wildman–Crippen MR) is 101 cm³/mol. The van der Waals surface area contributed by atoms with Crippen LogP contribution in [0.5, 0.6) is 0 Å². The Morgan fingerprint density at radius 1 is 1.08 bits per heavy atom. The fraction of sp³-hybridized carbons (Fsp3) is 0.579. The zero-order valence-electron chi connectivity index (χ0n) is 15.5. The molecule has 0 unspecified atom stereocenters. The zero-order valence-corrected chi connectivity index (χ0v) is 15.5. The van der Waals surface area contributed by atoms with Crippen molar-refractivity contribution in [2.75, 3.05) is 45.1 Å². The van der Waals surface area contributed by atoms with Crippen molar-refractivity contribution in [2.45, 2.75) is 26.7 Å². The molecule has 6 nitrogen and oxygen atoms in total. The van der Waals surface area contributed by atoms with Crippen LogP contribution in [-0.2, 0) is 4.79 Å². The van der Waals surface area contributed by atoms with Crippen LogP contribution < -0.4 is 11.1 Å². The summed E-state index contributed by atoms with van der Waals surface area (Å²) in [4.78, 5) is 29.2. The molecule has 3 N–H and O–H groups in total. The van der Waals surface area contributed by atoms with Gasteiger partial charge in [0.25, 0.3) is 5.91 Å². The third-order valence-corrected chi connectivity index (χ3v) is 5.41. The highest BCUT2D eigenvalue weighted by Gasteiger charge is 2.33. The van der Waals surface area contributed by atoms with Gasteiger partial charge in [0.15, 0.2) is 0 Å². The number of piperazine rings is 1. The minimum atomic E-state index is -0.533. The number of hydrogen-bond donors (Lipinski definition) is 2. The Balaban J connectivity index is 2.02. The Morgan fingerprint density at radius 3 is 2.12 bits per heavy atom. The van der Waals surface area contributed by atoms with Gasteiger partial charge in [-0.05, 0) is 44.2 Å². The average Bonchev–Trinajstić information content (AvgIpc) is 2.64. The molecule has 0 bridgehead atoms. The summed E-state index contributed by atoms with van der Waals surface area (Å²) in [5.74, 6) is -0.0115. The first-order valence-corrected chi connectivity index (χ1v) is 9.05. The van der Waals surface area contributed by atoms with Gasteiger partial charge in [-0.3, -0.25) is 9.59 Å². The first kappa shape index (κ1) is 19.4. The molecule has 0 spiro atoms. The number of amides is 2. The highest BCUT2D eigenvalue weighted by Crippen LogP contribution is 2.27. The van der Waals surface area contributed by atoms with Crippen LogP contribution >= 0.6 is 0 Å². The lowest BCUT2D eigenvalue weighted by Crippen LogP contribution is -2.47. The number of rotatable bonds is 6. The Hall–Kier alpha value is -1.92. The average molecular weight is 346 g/mol. The second-order valence-electron chi connectivity index (χ2n) is 6.82. The van der Waals surface area contributed by atoms with Crippen LogP contribution in [0, 0.1) is 5.41 Å². The second-order valence-corrected chi connectivity index (χ2v) is 6.82. The van der Waals surface area contributed by atoms with Crippen molar-refractivity contribution in [1.82, 2.24) is 9.80 Å². The Labute approximate surface area is 150 Å². The number of hydrogen-bond acceptors (Lipinski definition) is 4. The van der Waals surface area contributed by atoms with Crippen LogP contribution in [-0.4, -0.2) is 61.4 Å². The molecular weight excluding hydrogens is 316 g/mol. The molecule has 6 heteroatoms. The molecule has 0 saturated carbocycles. The van der Waals surface area contributed by atoms with Crippen molar-refractivity contribution in [3.8, 4) is 0 Å². The van der Waals surface area contributed by atoms with Crippen molar-refractivity contribution in [2.24, 2.45) is 11.1 Å². The van der Waals surface area contributed by atoms with E-state index in [2.05, 4.69) is 17.3 Å². The minimum absolute atomic E-state index is 0.0457. The Kier molecular flexibility index (Phi) is 6.56. The molecule has 1 aromatic carbocycles. The number of anilines is 1. The fourth-order valence-corrected chi connectivity index (χ4v) is 3.10. The highest BCUT2D eigenvalue weighted by molar-refractivity contribution is 5.97. The third kappa shape index (κ3) is 4.38. The quantitative estimate of drug-likeness (QED) is 0.823. The van der Waals surface area contributed by atoms with Gasteiger partial charge in [0.1, 0.15) is 0 Å². The van der Waals surface area contributed by atoms with Gasteiger partial charge in [0, 0.05) is 44.0 Å². The number of carbonyl (C=O) groups excluding carboxylic acids is 2. The summed E-state index contributed by atoms with van der Waals surface area (Å²) >= 11 is 0. The van der Waals surface area contributed by atoms with Gasteiger partial charge in [-0.1, -0.05) is 13.8 Å². The smallest absolute Gasteiger partial charge is 0.253 e. The minimum Gasteiger partial charge on any atom is -0.336 e. The van der Waals surface area contributed by atoms with Crippen LogP contribution in [0.4, 0.5) is 5.69 Å². The summed E-state index contributed by atoms with van der Waals surface area (Å²) in [6, 6.07) is 7.12. The van der Waals surface area contributed by atoms with Gasteiger partial charge in [0.2, 0.25) is 5.91 Å². The predicted octanol–water partition coefficient (Wildman–Crippen LogP) is 1.78. The molecule has 0 aliphatic carbocycles. The molecule has 1 fully saturated rings. The number of likely N-dealkylation sites (N-methyl/N-ethyl adjacent to an activating group) is 1. The van der Waals surface area contributed by atoms with Crippen LogP contribution in [0.15, 0.2) is 24.3 Å². The number of nitrogens with two attached hydrogens (primary N) is 1. The van der Waals surface area contributed by atoms with Crippen molar-refractivity contribution in [3.05, 3.63) is 29.8 Å². The zero-order chi connectivity index (χ0) is 18.4. The van der Waals surface area contributed by atoms with E-state index in [-0.39, 0.29) is 11.8 Å². The summed E-state index contributed by atoms with van der Waals surface area (Å²) in [5, 5.41) is 2.94. The molecule has 1 saturated heterocycles. The molecule has 1 aliphatic heterocycles. The third-order valence-electron chi connectivity index (χ3n) is 5.41. The van der Waals surface area contributed by atoms with E-state index in [1.165, 1.54) is 0 Å². The van der Waals surface area contributed by atoms with Crippen molar-refractivity contribution >= 4 is 17.5 Å². The molecular formula is C19H30N4O2. The monoisotopic (exact) mass is 346 g/mol. The maximum Gasteiger partial charge on any atom is 0.253 e. The van der Waals surface area contributed by atoms with Gasteiger partial charge >= 0.3 is 0 Å². The Morgan fingerprint density at radius 2 is 1.64 bits per heavy atom. The van der Waals surface area contributed by atoms with E-state index in [4.69, 9.17) is 5.73 Å². The standard InChI is InChI=1S/C19H30N4O2/c1-4-19(5-2,14-20)18(25)21-16-8-6-15(7-9-16)17(24)23-12-10-22(3)11-13-23/h6-9H,4-5,10-14,20H2,1-3H3,(H,21,25). The molecule has 0 aromatic heterocycles. The van der Waals surface area contributed by atoms with Crippen molar-refractivity contribution < 1.29 is 9.59 Å². The van der Waals surface area contributed by atoms with E-state index in [0.717, 1.165) is 26.2 Å². The van der Waals surface area contributed by atoms with E-state index in [1.807, 2.05) is 18.7 Å². The largest absolute Gasteiger partial charge is 0.336 e. The van der Waals surface area contributed by atoms with Crippen LogP contribution in [0.1, 0.15) is 37.0 Å². The van der Waals surface area contributed by atoms with E-state index in [9.17, 15) is 9.59 Å². The molecule has 0 atom stereocenters. The Bertz CT molecular complexity index is 580. The topological polar surface area (TPSA) is 78.7 Å². The summed E-state index contributed by atoms with van der Waals surface area (Å²) in [6.45, 7) is 7.58. The fourth-order valence-electron chi connectivity index (χ4n) is 3.10. The van der Waals surface area contributed by atoms with Crippen molar-refractivity contribution in [3.63, 3.8) is 0 Å². The van der Waals surface area contributed by atoms with E-state index in [0.29, 0.717) is 30.6 Å². The van der Waals surface area contributed by atoms with Crippen LogP contribution in [0.3, 0.4) is 0 Å². The van der Waals surface area contributed by atoms with Crippen LogP contribution in [0.25, 0.3) is 0 Å². The van der Waals surface area contributed by atoms with E-state index < -0.39 is 5.41 Å². The molecule has 1 heterocycles. The lowest BCUT2D eigenvalue weighted by molar-refractivity contribution is -0.125. The molecule has 2 amide bonds. The first-order valence-electron chi connectivity index (χ1n) is 9.05. The van der Waals surface area contributed by atoms with Crippen LogP contribution in [0.2, 0.25) is 0 Å². The van der Waals surface area contributed by atoms with Gasteiger partial charge in [-0.25, -0.2) is 0 Å². The number of benzene rings is 1. The van der Waals surface area contributed by atoms with E-state index >= 15 is 0 Å². The molecule has 1 aliphatic rings. The number of nitrogens with zero attached hydrogens (tertiary/aromatic N) is 2. The lowest BCUT2D eigenvalue weighted by atomic mass is 9.81. The summed E-state index contributed by atoms with van der Waals surface area (Å²) < 4.78 is 0. The molecule has 25 heavy (non-hydrogen) atoms. The maximum absolute atomic E-state index is 12.6. The number of nitrogens with one attached hydrogen (secondary N) is 1. The maximum atomic E-state index is 12.6. The first-order chi connectivity index (χ1) is 12.0. The van der Waals surface area contributed by atoms with E-state index in [1.54, 1.807) is 24.3 Å². The summed E-state index contributed by atoms with van der Waals surface area (Å²) in [7, 11) is 2.06. The second kappa shape index (κ2) is 8.45. The number of carbonyl (C=O) groups is 2. The van der Waals surface area contributed by atoms with Gasteiger partial charge < -0.3 is 20.9 Å². The van der Waals surface area contributed by atoms with Crippen molar-refractivity contribution in [1.29, 1.82) is 0 Å². The lowest BCUT2D eigenvalue weighted by Gasteiger charge is -2.32. The molecule has 0 radical (unpaired) electrons. The molecule has 138 valence electrons. The SMILES string of the molecule is CCC(CC)(CN)C(=O)Nc1ccc(C(=O)N2CCN(C)CC2)cc1.